The minimum Gasteiger partial charge on any atom is -0.288 e. The number of carbonyl (C=O) groups excluding carboxylic acids is 1. The Labute approximate surface area is 113 Å². The number of amides is 1. The molecule has 1 heterocycles. The van der Waals surface area contributed by atoms with Crippen LogP contribution in [0.5, 0.6) is 0 Å². The van der Waals surface area contributed by atoms with Crippen molar-refractivity contribution in [3.63, 3.8) is 0 Å². The molecular formula is C13H21N5O. The Kier molecular flexibility index (Phi) is 8.61. The first-order valence-electron chi connectivity index (χ1n) is 6.37. The highest BCUT2D eigenvalue weighted by Crippen LogP contribution is 2.04. The van der Waals surface area contributed by atoms with Gasteiger partial charge < -0.3 is 0 Å². The summed E-state index contributed by atoms with van der Waals surface area (Å²) in [6, 6.07) is 7.21. The molecule has 0 aliphatic rings. The Balaban J connectivity index is 0.000000741. The van der Waals surface area contributed by atoms with Crippen molar-refractivity contribution in [1.82, 2.24) is 20.6 Å². The van der Waals surface area contributed by atoms with Crippen molar-refractivity contribution in [1.29, 1.82) is 0 Å². The van der Waals surface area contributed by atoms with E-state index in [9.17, 15) is 4.79 Å². The molecule has 0 saturated heterocycles. The molecule has 19 heavy (non-hydrogen) atoms. The maximum atomic E-state index is 11.6. The van der Waals surface area contributed by atoms with Gasteiger partial charge in [0.2, 0.25) is 0 Å². The lowest BCUT2D eigenvalue weighted by atomic mass is 10.1. The van der Waals surface area contributed by atoms with Crippen LogP contribution in [0.2, 0.25) is 0 Å². The molecule has 2 N–H and O–H groups in total. The van der Waals surface area contributed by atoms with Crippen LogP contribution in [0.1, 0.15) is 43.6 Å². The Morgan fingerprint density at radius 1 is 1.11 bits per heavy atom. The highest BCUT2D eigenvalue weighted by molar-refractivity contribution is 6.03. The Bertz CT molecular complexity index is 450. The molecule has 0 aliphatic carbocycles. The molecule has 0 saturated carbocycles. The maximum absolute atomic E-state index is 11.6. The van der Waals surface area contributed by atoms with E-state index in [4.69, 9.17) is 0 Å². The van der Waals surface area contributed by atoms with Gasteiger partial charge in [-0.05, 0) is 24.3 Å². The average molecular weight is 263 g/mol. The fourth-order valence-corrected chi connectivity index (χ4v) is 1.09. The number of aromatic nitrogens is 4. The summed E-state index contributed by atoms with van der Waals surface area (Å²) in [5, 5.41) is 15.3. The molecule has 2 rings (SSSR count). The number of anilines is 1. The summed E-state index contributed by atoms with van der Waals surface area (Å²) in [5.41, 5.74) is 1.66. The quantitative estimate of drug-likeness (QED) is 0.872. The second kappa shape index (κ2) is 9.76. The minimum absolute atomic E-state index is 0.167. The number of tetrazole rings is 1. The molecule has 2 aromatic rings. The zero-order valence-corrected chi connectivity index (χ0v) is 12.1. The molecule has 0 fully saturated rings. The summed E-state index contributed by atoms with van der Waals surface area (Å²) in [4.78, 5) is 11.6. The van der Waals surface area contributed by atoms with E-state index in [2.05, 4.69) is 25.9 Å². The summed E-state index contributed by atoms with van der Waals surface area (Å²) in [6.07, 6.45) is 0. The van der Waals surface area contributed by atoms with Gasteiger partial charge in [-0.2, -0.15) is 5.21 Å². The summed E-state index contributed by atoms with van der Waals surface area (Å²) in [6.45, 7) is 9.96. The highest BCUT2D eigenvalue weighted by Gasteiger charge is 2.07. The molecule has 1 amide bonds. The number of carbonyl (C=O) groups is 1. The van der Waals surface area contributed by atoms with Crippen molar-refractivity contribution in [2.75, 3.05) is 5.32 Å². The SMILES string of the molecule is CC.CC.Cc1ccc(C(=O)Nc2nn[nH]n2)cc1. The third-order valence-electron chi connectivity index (χ3n) is 1.88. The van der Waals surface area contributed by atoms with Gasteiger partial charge in [0.1, 0.15) is 0 Å². The standard InChI is InChI=1S/C9H9N5O.2C2H6/c1-6-2-4-7(5-3-6)8(15)10-9-11-13-14-12-9;2*1-2/h2-5H,1H3,(H2,10,11,12,13,14,15);2*1-2H3. The Morgan fingerprint density at radius 2 is 1.68 bits per heavy atom. The summed E-state index contributed by atoms with van der Waals surface area (Å²) >= 11 is 0. The van der Waals surface area contributed by atoms with Crippen molar-refractivity contribution in [3.05, 3.63) is 35.4 Å². The summed E-state index contributed by atoms with van der Waals surface area (Å²) in [7, 11) is 0. The molecule has 0 aliphatic heterocycles. The van der Waals surface area contributed by atoms with Crippen LogP contribution in [0.4, 0.5) is 5.95 Å². The minimum atomic E-state index is -0.253. The van der Waals surface area contributed by atoms with Crippen molar-refractivity contribution < 1.29 is 4.79 Å². The smallest absolute Gasteiger partial charge is 0.270 e. The van der Waals surface area contributed by atoms with Crippen LogP contribution < -0.4 is 5.32 Å². The summed E-state index contributed by atoms with van der Waals surface area (Å²) < 4.78 is 0. The third-order valence-corrected chi connectivity index (χ3v) is 1.88. The van der Waals surface area contributed by atoms with E-state index in [0.717, 1.165) is 5.56 Å². The van der Waals surface area contributed by atoms with Gasteiger partial charge in [0.25, 0.3) is 11.9 Å². The molecule has 1 aromatic heterocycles. The molecule has 104 valence electrons. The Morgan fingerprint density at radius 3 is 2.16 bits per heavy atom. The van der Waals surface area contributed by atoms with Crippen molar-refractivity contribution in [2.24, 2.45) is 0 Å². The lowest BCUT2D eigenvalue weighted by molar-refractivity contribution is 0.102. The number of H-pyrrole nitrogens is 1. The zero-order valence-electron chi connectivity index (χ0n) is 12.1. The van der Waals surface area contributed by atoms with Crippen LogP contribution in [0.25, 0.3) is 0 Å². The van der Waals surface area contributed by atoms with E-state index in [0.29, 0.717) is 5.56 Å². The van der Waals surface area contributed by atoms with Crippen LogP contribution >= 0.6 is 0 Å². The van der Waals surface area contributed by atoms with Crippen LogP contribution in [0.3, 0.4) is 0 Å². The summed E-state index contributed by atoms with van der Waals surface area (Å²) in [5.74, 6) is -0.0861. The van der Waals surface area contributed by atoms with Gasteiger partial charge in [0.05, 0.1) is 0 Å². The van der Waals surface area contributed by atoms with Crippen LogP contribution in [-0.2, 0) is 0 Å². The molecule has 0 atom stereocenters. The first kappa shape index (κ1) is 16.8. The number of aryl methyl sites for hydroxylation is 1. The van der Waals surface area contributed by atoms with E-state index in [1.165, 1.54) is 0 Å². The molecule has 6 nitrogen and oxygen atoms in total. The molecule has 1 aromatic carbocycles. The van der Waals surface area contributed by atoms with E-state index >= 15 is 0 Å². The number of hydrogen-bond donors (Lipinski definition) is 2. The number of aromatic amines is 1. The zero-order chi connectivity index (χ0) is 14.7. The monoisotopic (exact) mass is 263 g/mol. The van der Waals surface area contributed by atoms with Crippen LogP contribution in [0.15, 0.2) is 24.3 Å². The van der Waals surface area contributed by atoms with E-state index in [1.54, 1.807) is 12.1 Å². The van der Waals surface area contributed by atoms with Gasteiger partial charge in [0.15, 0.2) is 0 Å². The normalized spacial score (nSPS) is 8.47. The fraction of sp³-hybridized carbons (Fsp3) is 0.385. The number of hydrogen-bond acceptors (Lipinski definition) is 4. The highest BCUT2D eigenvalue weighted by atomic mass is 16.1. The topological polar surface area (TPSA) is 83.6 Å². The van der Waals surface area contributed by atoms with Gasteiger partial charge in [-0.15, -0.1) is 5.10 Å². The fourth-order valence-electron chi connectivity index (χ4n) is 1.09. The lowest BCUT2D eigenvalue weighted by Gasteiger charge is -2.00. The molecule has 0 spiro atoms. The molecular weight excluding hydrogens is 242 g/mol. The largest absolute Gasteiger partial charge is 0.288 e. The van der Waals surface area contributed by atoms with Crippen molar-refractivity contribution >= 4 is 11.9 Å². The van der Waals surface area contributed by atoms with Gasteiger partial charge in [-0.1, -0.05) is 50.5 Å². The first-order chi connectivity index (χ1) is 9.25. The van der Waals surface area contributed by atoms with Gasteiger partial charge in [-0.3, -0.25) is 10.1 Å². The molecule has 6 heteroatoms. The predicted molar refractivity (Wildman–Crippen MR) is 76.0 cm³/mol. The van der Waals surface area contributed by atoms with E-state index < -0.39 is 0 Å². The van der Waals surface area contributed by atoms with Crippen molar-refractivity contribution in [3.8, 4) is 0 Å². The maximum Gasteiger partial charge on any atom is 0.270 e. The van der Waals surface area contributed by atoms with Crippen LogP contribution in [0, 0.1) is 6.92 Å². The van der Waals surface area contributed by atoms with E-state index in [1.807, 2.05) is 46.8 Å². The van der Waals surface area contributed by atoms with Gasteiger partial charge in [-0.25, -0.2) is 0 Å². The number of rotatable bonds is 2. The van der Waals surface area contributed by atoms with Gasteiger partial charge >= 0.3 is 0 Å². The van der Waals surface area contributed by atoms with E-state index in [-0.39, 0.29) is 11.9 Å². The first-order valence-corrected chi connectivity index (χ1v) is 6.37. The second-order valence-electron chi connectivity index (χ2n) is 3.06. The molecule has 0 unspecified atom stereocenters. The van der Waals surface area contributed by atoms with Crippen molar-refractivity contribution in [2.45, 2.75) is 34.6 Å². The van der Waals surface area contributed by atoms with Crippen LogP contribution in [-0.4, -0.2) is 26.5 Å². The average Bonchev–Trinajstić information content (AvgIpc) is 2.97. The predicted octanol–water partition coefficient (Wildman–Crippen LogP) is 2.81. The Hall–Kier alpha value is -2.24. The number of nitrogens with zero attached hydrogens (tertiary/aromatic N) is 3. The number of benzene rings is 1. The van der Waals surface area contributed by atoms with Gasteiger partial charge in [0, 0.05) is 5.56 Å². The lowest BCUT2D eigenvalue weighted by Crippen LogP contribution is -2.12. The molecule has 0 radical (unpaired) electrons. The molecule has 0 bridgehead atoms. The number of nitrogens with one attached hydrogen (secondary N) is 2. The third kappa shape index (κ3) is 5.76. The second-order valence-corrected chi connectivity index (χ2v) is 3.06.